The van der Waals surface area contributed by atoms with E-state index in [1.807, 2.05) is 13.8 Å². The fourth-order valence-electron chi connectivity index (χ4n) is 2.85. The van der Waals surface area contributed by atoms with E-state index in [2.05, 4.69) is 16.5 Å². The monoisotopic (exact) mass is 274 g/mol. The summed E-state index contributed by atoms with van der Waals surface area (Å²) >= 11 is 0. The molecule has 0 bridgehead atoms. The normalized spacial score (nSPS) is 18.1. The highest BCUT2D eigenvalue weighted by molar-refractivity contribution is 5.93. The van der Waals surface area contributed by atoms with Crippen LogP contribution in [0.2, 0.25) is 0 Å². The highest BCUT2D eigenvalue weighted by Crippen LogP contribution is 2.27. The minimum Gasteiger partial charge on any atom is -0.332 e. The number of carbonyl (C=O) groups is 1. The minimum atomic E-state index is -0.704. The molecule has 0 spiro atoms. The third-order valence-corrected chi connectivity index (χ3v) is 3.96. The molecule has 0 aromatic carbocycles. The predicted molar refractivity (Wildman–Crippen MR) is 76.2 cm³/mol. The molecule has 5 nitrogen and oxygen atoms in total. The van der Waals surface area contributed by atoms with Gasteiger partial charge in [0.1, 0.15) is 11.2 Å². The number of carbonyl (C=O) groups excluding carboxylic acids is 1. The van der Waals surface area contributed by atoms with Gasteiger partial charge < -0.3 is 5.32 Å². The number of aromatic nitrogens is 2. The van der Waals surface area contributed by atoms with Crippen LogP contribution in [0.3, 0.4) is 0 Å². The number of hydrogen-bond acceptors (Lipinski definition) is 3. The van der Waals surface area contributed by atoms with Crippen LogP contribution in [-0.4, -0.2) is 21.2 Å². The molecule has 0 aliphatic heterocycles. The Hall–Kier alpha value is -1.83. The van der Waals surface area contributed by atoms with Gasteiger partial charge in [-0.3, -0.25) is 9.48 Å². The van der Waals surface area contributed by atoms with Crippen LogP contribution < -0.4 is 5.32 Å². The summed E-state index contributed by atoms with van der Waals surface area (Å²) in [5, 5.41) is 16.8. The molecular weight excluding hydrogens is 252 g/mol. The van der Waals surface area contributed by atoms with E-state index < -0.39 is 5.54 Å². The fourth-order valence-corrected chi connectivity index (χ4v) is 2.85. The van der Waals surface area contributed by atoms with E-state index in [1.54, 1.807) is 10.7 Å². The average molecular weight is 274 g/mol. The molecule has 1 amide bonds. The van der Waals surface area contributed by atoms with Crippen molar-refractivity contribution in [2.45, 2.75) is 64.5 Å². The van der Waals surface area contributed by atoms with Crippen LogP contribution in [0, 0.1) is 18.3 Å². The predicted octanol–water partition coefficient (Wildman–Crippen LogP) is 2.56. The highest BCUT2D eigenvalue weighted by atomic mass is 16.2. The van der Waals surface area contributed by atoms with Gasteiger partial charge in [0, 0.05) is 6.54 Å². The molecule has 5 heteroatoms. The van der Waals surface area contributed by atoms with Crippen molar-refractivity contribution in [3.8, 4) is 6.07 Å². The van der Waals surface area contributed by atoms with E-state index in [0.717, 1.165) is 44.2 Å². The molecule has 2 rings (SSSR count). The van der Waals surface area contributed by atoms with Crippen LogP contribution >= 0.6 is 0 Å². The molecule has 1 fully saturated rings. The second kappa shape index (κ2) is 6.08. The van der Waals surface area contributed by atoms with Gasteiger partial charge >= 0.3 is 0 Å². The number of nitrogens with zero attached hydrogens (tertiary/aromatic N) is 3. The average Bonchev–Trinajstić information content (AvgIpc) is 2.68. The molecule has 1 N–H and O–H groups in total. The Labute approximate surface area is 120 Å². The topological polar surface area (TPSA) is 70.7 Å². The van der Waals surface area contributed by atoms with Crippen molar-refractivity contribution in [3.63, 3.8) is 0 Å². The Morgan fingerprint density at radius 2 is 2.10 bits per heavy atom. The molecule has 1 aliphatic rings. The largest absolute Gasteiger partial charge is 0.332 e. The number of rotatable bonds is 3. The van der Waals surface area contributed by atoms with Crippen molar-refractivity contribution >= 4 is 5.91 Å². The van der Waals surface area contributed by atoms with Crippen molar-refractivity contribution in [2.75, 3.05) is 0 Å². The van der Waals surface area contributed by atoms with Crippen molar-refractivity contribution in [1.29, 1.82) is 5.26 Å². The van der Waals surface area contributed by atoms with E-state index in [4.69, 9.17) is 0 Å². The Bertz CT molecular complexity index is 518. The molecule has 1 heterocycles. The lowest BCUT2D eigenvalue weighted by Gasteiger charge is -2.26. The molecule has 0 saturated heterocycles. The van der Waals surface area contributed by atoms with Gasteiger partial charge in [-0.25, -0.2) is 0 Å². The molecule has 20 heavy (non-hydrogen) atoms. The summed E-state index contributed by atoms with van der Waals surface area (Å²) in [4.78, 5) is 12.5. The summed E-state index contributed by atoms with van der Waals surface area (Å²) in [6.07, 6.45) is 5.78. The third-order valence-electron chi connectivity index (χ3n) is 3.96. The Morgan fingerprint density at radius 1 is 1.45 bits per heavy atom. The summed E-state index contributed by atoms with van der Waals surface area (Å²) in [7, 11) is 0. The van der Waals surface area contributed by atoms with Crippen molar-refractivity contribution in [2.24, 2.45) is 0 Å². The Morgan fingerprint density at radius 3 is 2.65 bits per heavy atom. The summed E-state index contributed by atoms with van der Waals surface area (Å²) < 4.78 is 1.69. The second-order valence-electron chi connectivity index (χ2n) is 5.55. The van der Waals surface area contributed by atoms with Crippen LogP contribution in [0.15, 0.2) is 6.07 Å². The highest BCUT2D eigenvalue weighted by Gasteiger charge is 2.33. The van der Waals surface area contributed by atoms with Gasteiger partial charge in [-0.1, -0.05) is 25.7 Å². The third kappa shape index (κ3) is 3.01. The summed E-state index contributed by atoms with van der Waals surface area (Å²) in [6.45, 7) is 4.47. The van der Waals surface area contributed by atoms with Crippen LogP contribution in [0.5, 0.6) is 0 Å². The summed E-state index contributed by atoms with van der Waals surface area (Å²) in [5.74, 6) is -0.184. The van der Waals surface area contributed by atoms with Gasteiger partial charge in [0.25, 0.3) is 5.91 Å². The molecule has 0 unspecified atom stereocenters. The fraction of sp³-hybridized carbons (Fsp3) is 0.667. The van der Waals surface area contributed by atoms with E-state index in [-0.39, 0.29) is 5.91 Å². The second-order valence-corrected chi connectivity index (χ2v) is 5.55. The Balaban J connectivity index is 2.18. The van der Waals surface area contributed by atoms with E-state index in [9.17, 15) is 10.1 Å². The van der Waals surface area contributed by atoms with Gasteiger partial charge in [-0.2, -0.15) is 10.4 Å². The quantitative estimate of drug-likeness (QED) is 0.861. The maximum Gasteiger partial charge on any atom is 0.270 e. The van der Waals surface area contributed by atoms with E-state index in [1.165, 1.54) is 0 Å². The lowest BCUT2D eigenvalue weighted by molar-refractivity contribution is 0.0902. The maximum atomic E-state index is 12.5. The van der Waals surface area contributed by atoms with Crippen LogP contribution in [-0.2, 0) is 6.54 Å². The number of nitrogens with one attached hydrogen (secondary N) is 1. The number of aryl methyl sites for hydroxylation is 2. The van der Waals surface area contributed by atoms with Gasteiger partial charge in [-0.05, 0) is 32.8 Å². The molecule has 1 aromatic rings. The van der Waals surface area contributed by atoms with Gasteiger partial charge in [0.05, 0.1) is 11.8 Å². The molecule has 1 aliphatic carbocycles. The maximum absolute atomic E-state index is 12.5. The summed E-state index contributed by atoms with van der Waals surface area (Å²) in [6, 6.07) is 4.12. The zero-order chi connectivity index (χ0) is 14.6. The summed E-state index contributed by atoms with van der Waals surface area (Å²) in [5.41, 5.74) is 0.664. The smallest absolute Gasteiger partial charge is 0.270 e. The first-order valence-corrected chi connectivity index (χ1v) is 7.38. The first kappa shape index (κ1) is 14.6. The molecule has 1 aromatic heterocycles. The van der Waals surface area contributed by atoms with Gasteiger partial charge in [-0.15, -0.1) is 0 Å². The first-order chi connectivity index (χ1) is 9.60. The number of amides is 1. The van der Waals surface area contributed by atoms with Gasteiger partial charge in [0.2, 0.25) is 0 Å². The van der Waals surface area contributed by atoms with Crippen LogP contribution in [0.1, 0.15) is 61.6 Å². The molecule has 1 saturated carbocycles. The molecule has 0 radical (unpaired) electrons. The van der Waals surface area contributed by atoms with Crippen molar-refractivity contribution < 1.29 is 4.79 Å². The number of hydrogen-bond donors (Lipinski definition) is 1. The molecule has 108 valence electrons. The SMILES string of the molecule is CCn1nc(C)cc1C(=O)NC1(C#N)CCCCCC1. The molecular formula is C15H22N4O. The van der Waals surface area contributed by atoms with Gasteiger partial charge in [0.15, 0.2) is 0 Å². The van der Waals surface area contributed by atoms with Crippen LogP contribution in [0.25, 0.3) is 0 Å². The lowest BCUT2D eigenvalue weighted by atomic mass is 9.91. The number of nitriles is 1. The lowest BCUT2D eigenvalue weighted by Crippen LogP contribution is -2.47. The zero-order valence-electron chi connectivity index (χ0n) is 12.3. The van der Waals surface area contributed by atoms with Crippen molar-refractivity contribution in [1.82, 2.24) is 15.1 Å². The minimum absolute atomic E-state index is 0.184. The van der Waals surface area contributed by atoms with Crippen molar-refractivity contribution in [3.05, 3.63) is 17.5 Å². The Kier molecular flexibility index (Phi) is 4.43. The standard InChI is InChI=1S/C15H22N4O/c1-3-19-13(10-12(2)18-19)14(20)17-15(11-16)8-6-4-5-7-9-15/h10H,3-9H2,1-2H3,(H,17,20). The van der Waals surface area contributed by atoms with Crippen LogP contribution in [0.4, 0.5) is 0 Å². The van der Waals surface area contributed by atoms with E-state index >= 15 is 0 Å². The van der Waals surface area contributed by atoms with E-state index in [0.29, 0.717) is 12.2 Å². The molecule has 0 atom stereocenters. The zero-order valence-corrected chi connectivity index (χ0v) is 12.3. The first-order valence-electron chi connectivity index (χ1n) is 7.38.